The molecular formula is C23H20N4O2. The molecule has 144 valence electrons. The number of aromatic nitrogens is 3. The summed E-state index contributed by atoms with van der Waals surface area (Å²) in [7, 11) is 0. The molecule has 29 heavy (non-hydrogen) atoms. The summed E-state index contributed by atoms with van der Waals surface area (Å²) in [4.78, 5) is 15.4. The Bertz CT molecular complexity index is 1360. The second-order valence-electron chi connectivity index (χ2n) is 7.48. The van der Waals surface area contributed by atoms with E-state index in [-0.39, 0.29) is 0 Å². The average molecular weight is 384 g/mol. The summed E-state index contributed by atoms with van der Waals surface area (Å²) in [6.07, 6.45) is 1.95. The van der Waals surface area contributed by atoms with E-state index in [1.54, 1.807) is 0 Å². The van der Waals surface area contributed by atoms with Gasteiger partial charge in [0, 0.05) is 41.1 Å². The molecule has 1 aliphatic rings. The lowest BCUT2D eigenvalue weighted by molar-refractivity contribution is 0.122. The third-order valence-corrected chi connectivity index (χ3v) is 5.65. The van der Waals surface area contributed by atoms with Crippen LogP contribution in [-0.2, 0) is 4.74 Å². The molecule has 6 nitrogen and oxygen atoms in total. The Morgan fingerprint density at radius 1 is 1.03 bits per heavy atom. The van der Waals surface area contributed by atoms with Gasteiger partial charge in [0.15, 0.2) is 17.2 Å². The summed E-state index contributed by atoms with van der Waals surface area (Å²) in [5.74, 6) is 1.56. The Morgan fingerprint density at radius 3 is 2.83 bits per heavy atom. The van der Waals surface area contributed by atoms with Crippen LogP contribution in [0.25, 0.3) is 44.4 Å². The topological polar surface area (TPSA) is 67.2 Å². The lowest BCUT2D eigenvalue weighted by atomic mass is 10.1. The molecule has 4 heterocycles. The fraction of sp³-hybridized carbons (Fsp3) is 0.217. The predicted molar refractivity (Wildman–Crippen MR) is 114 cm³/mol. The predicted octanol–water partition coefficient (Wildman–Crippen LogP) is 4.67. The zero-order valence-electron chi connectivity index (χ0n) is 16.1. The number of aryl methyl sites for hydroxylation is 1. The molecule has 0 unspecified atom stereocenters. The standard InChI is InChI=1S/C23H20N4O2/c1-14-3-2-4-18-19(14)20-21(29-18)23(27-9-11-28-12-10-27)26-22(25-20)16-5-6-17-15(13-16)7-8-24-17/h2-8,13,24H,9-12H2,1H3. The van der Waals surface area contributed by atoms with Crippen molar-refractivity contribution < 1.29 is 9.15 Å². The maximum absolute atomic E-state index is 6.25. The van der Waals surface area contributed by atoms with Crippen LogP contribution in [0, 0.1) is 6.92 Å². The van der Waals surface area contributed by atoms with E-state index >= 15 is 0 Å². The van der Waals surface area contributed by atoms with Crippen LogP contribution in [0.4, 0.5) is 5.82 Å². The molecule has 0 radical (unpaired) electrons. The summed E-state index contributed by atoms with van der Waals surface area (Å²) in [6, 6.07) is 14.5. The second kappa shape index (κ2) is 6.32. The molecule has 0 saturated carbocycles. The van der Waals surface area contributed by atoms with Gasteiger partial charge in [-0.05, 0) is 42.8 Å². The van der Waals surface area contributed by atoms with Gasteiger partial charge >= 0.3 is 0 Å². The van der Waals surface area contributed by atoms with E-state index in [4.69, 9.17) is 19.1 Å². The number of ether oxygens (including phenoxy) is 1. The van der Waals surface area contributed by atoms with Gasteiger partial charge in [-0.25, -0.2) is 9.97 Å². The van der Waals surface area contributed by atoms with E-state index in [1.165, 1.54) is 0 Å². The van der Waals surface area contributed by atoms with Crippen LogP contribution in [0.3, 0.4) is 0 Å². The Labute approximate surface area is 167 Å². The molecule has 3 aromatic heterocycles. The number of H-pyrrole nitrogens is 1. The van der Waals surface area contributed by atoms with Gasteiger partial charge in [-0.2, -0.15) is 0 Å². The maximum Gasteiger partial charge on any atom is 0.196 e. The maximum atomic E-state index is 6.25. The van der Waals surface area contributed by atoms with Crippen LogP contribution in [0.5, 0.6) is 0 Å². The SMILES string of the molecule is Cc1cccc2oc3c(N4CCOCC4)nc(-c4ccc5[nH]ccc5c4)nc3c12. The van der Waals surface area contributed by atoms with Crippen molar-refractivity contribution in [3.8, 4) is 11.4 Å². The minimum absolute atomic E-state index is 0.690. The lowest BCUT2D eigenvalue weighted by Crippen LogP contribution is -2.37. The number of benzene rings is 2. The van der Waals surface area contributed by atoms with Crippen molar-refractivity contribution in [1.82, 2.24) is 15.0 Å². The van der Waals surface area contributed by atoms with Crippen LogP contribution in [0.2, 0.25) is 0 Å². The summed E-state index contributed by atoms with van der Waals surface area (Å²) in [5.41, 5.74) is 5.73. The zero-order valence-corrected chi connectivity index (χ0v) is 16.1. The minimum Gasteiger partial charge on any atom is -0.450 e. The van der Waals surface area contributed by atoms with E-state index in [0.717, 1.165) is 63.0 Å². The van der Waals surface area contributed by atoms with Crippen LogP contribution in [-0.4, -0.2) is 41.3 Å². The van der Waals surface area contributed by atoms with Crippen molar-refractivity contribution in [1.29, 1.82) is 0 Å². The first-order valence-electron chi connectivity index (χ1n) is 9.88. The quantitative estimate of drug-likeness (QED) is 0.479. The van der Waals surface area contributed by atoms with Gasteiger partial charge in [-0.1, -0.05) is 12.1 Å². The smallest absolute Gasteiger partial charge is 0.196 e. The molecule has 1 fully saturated rings. The van der Waals surface area contributed by atoms with Crippen molar-refractivity contribution in [3.05, 3.63) is 54.2 Å². The number of morpholine rings is 1. The summed E-state index contributed by atoms with van der Waals surface area (Å²) in [5, 5.41) is 2.20. The first-order valence-corrected chi connectivity index (χ1v) is 9.88. The van der Waals surface area contributed by atoms with Gasteiger partial charge in [0.2, 0.25) is 0 Å². The van der Waals surface area contributed by atoms with E-state index in [1.807, 2.05) is 18.3 Å². The van der Waals surface area contributed by atoms with Gasteiger partial charge in [0.05, 0.1) is 13.2 Å². The summed E-state index contributed by atoms with van der Waals surface area (Å²) >= 11 is 0. The summed E-state index contributed by atoms with van der Waals surface area (Å²) in [6.45, 7) is 5.06. The highest BCUT2D eigenvalue weighted by atomic mass is 16.5. The highest BCUT2D eigenvalue weighted by Gasteiger charge is 2.23. The molecule has 0 spiro atoms. The highest BCUT2D eigenvalue weighted by molar-refractivity contribution is 6.08. The van der Waals surface area contributed by atoms with E-state index < -0.39 is 0 Å². The molecule has 2 aromatic carbocycles. The number of aromatic amines is 1. The number of rotatable bonds is 2. The number of furan rings is 1. The number of hydrogen-bond acceptors (Lipinski definition) is 5. The molecule has 6 rings (SSSR count). The fourth-order valence-electron chi connectivity index (χ4n) is 4.15. The third-order valence-electron chi connectivity index (χ3n) is 5.65. The highest BCUT2D eigenvalue weighted by Crippen LogP contribution is 2.36. The van der Waals surface area contributed by atoms with Crippen molar-refractivity contribution in [2.45, 2.75) is 6.92 Å². The Morgan fingerprint density at radius 2 is 1.93 bits per heavy atom. The van der Waals surface area contributed by atoms with Gasteiger partial charge < -0.3 is 19.0 Å². The van der Waals surface area contributed by atoms with Crippen molar-refractivity contribution in [2.75, 3.05) is 31.2 Å². The number of anilines is 1. The molecule has 0 aliphatic carbocycles. The molecule has 0 atom stereocenters. The molecular weight excluding hydrogens is 364 g/mol. The second-order valence-corrected chi connectivity index (χ2v) is 7.48. The van der Waals surface area contributed by atoms with Gasteiger partial charge in [-0.3, -0.25) is 0 Å². The summed E-state index contributed by atoms with van der Waals surface area (Å²) < 4.78 is 11.8. The number of fused-ring (bicyclic) bond motifs is 4. The van der Waals surface area contributed by atoms with Crippen LogP contribution in [0.15, 0.2) is 53.1 Å². The molecule has 1 saturated heterocycles. The van der Waals surface area contributed by atoms with Gasteiger partial charge in [0.1, 0.15) is 11.1 Å². The van der Waals surface area contributed by atoms with Gasteiger partial charge in [0.25, 0.3) is 0 Å². The first-order chi connectivity index (χ1) is 14.3. The van der Waals surface area contributed by atoms with Crippen molar-refractivity contribution in [3.63, 3.8) is 0 Å². The Kier molecular flexibility index (Phi) is 3.61. The van der Waals surface area contributed by atoms with E-state index in [0.29, 0.717) is 19.0 Å². The molecule has 6 heteroatoms. The minimum atomic E-state index is 0.690. The molecule has 0 bridgehead atoms. The van der Waals surface area contributed by atoms with Crippen molar-refractivity contribution in [2.24, 2.45) is 0 Å². The van der Waals surface area contributed by atoms with Crippen LogP contribution >= 0.6 is 0 Å². The van der Waals surface area contributed by atoms with Crippen LogP contribution in [0.1, 0.15) is 5.56 Å². The molecule has 1 N–H and O–H groups in total. The van der Waals surface area contributed by atoms with Crippen LogP contribution < -0.4 is 4.90 Å². The van der Waals surface area contributed by atoms with Crippen molar-refractivity contribution >= 4 is 38.8 Å². The monoisotopic (exact) mass is 384 g/mol. The zero-order chi connectivity index (χ0) is 19.4. The number of hydrogen-bond donors (Lipinski definition) is 1. The lowest BCUT2D eigenvalue weighted by Gasteiger charge is -2.27. The fourth-order valence-corrected chi connectivity index (χ4v) is 4.15. The number of nitrogens with zero attached hydrogens (tertiary/aromatic N) is 3. The average Bonchev–Trinajstić information content (AvgIpc) is 3.38. The largest absolute Gasteiger partial charge is 0.450 e. The molecule has 5 aromatic rings. The molecule has 0 amide bonds. The number of nitrogens with one attached hydrogen (secondary N) is 1. The normalized spacial score (nSPS) is 15.0. The third kappa shape index (κ3) is 2.60. The van der Waals surface area contributed by atoms with E-state index in [9.17, 15) is 0 Å². The molecule has 1 aliphatic heterocycles. The first kappa shape index (κ1) is 16.6. The Hall–Kier alpha value is -3.38. The van der Waals surface area contributed by atoms with E-state index in [2.05, 4.69) is 47.1 Å². The Balaban J connectivity index is 1.65. The van der Waals surface area contributed by atoms with Gasteiger partial charge in [-0.15, -0.1) is 0 Å².